The first-order valence-corrected chi connectivity index (χ1v) is 15.1. The summed E-state index contributed by atoms with van der Waals surface area (Å²) in [6.45, 7) is 5.88. The fraction of sp³-hybridized carbons (Fsp3) is 0.600. The van der Waals surface area contributed by atoms with Crippen LogP contribution >= 0.6 is 11.8 Å². The van der Waals surface area contributed by atoms with Gasteiger partial charge >= 0.3 is 5.97 Å². The van der Waals surface area contributed by atoms with E-state index in [2.05, 4.69) is 23.1 Å². The Bertz CT molecular complexity index is 1380. The van der Waals surface area contributed by atoms with Gasteiger partial charge in [-0.2, -0.15) is 9.49 Å². The molecule has 3 saturated carbocycles. The van der Waals surface area contributed by atoms with Crippen LogP contribution < -0.4 is 0 Å². The lowest BCUT2D eigenvalue weighted by Gasteiger charge is -2.60. The Morgan fingerprint density at radius 2 is 2.05 bits per heavy atom. The van der Waals surface area contributed by atoms with E-state index in [-0.39, 0.29) is 29.6 Å². The Kier molecular flexibility index (Phi) is 6.72. The van der Waals surface area contributed by atoms with Gasteiger partial charge in [0.1, 0.15) is 6.01 Å². The Morgan fingerprint density at radius 1 is 1.25 bits per heavy atom. The number of thioether (sulfide) groups is 1. The highest BCUT2D eigenvalue weighted by Gasteiger charge is 2.70. The van der Waals surface area contributed by atoms with Gasteiger partial charge in [-0.15, -0.1) is 0 Å². The van der Waals surface area contributed by atoms with Crippen LogP contribution in [0.2, 0.25) is 0 Å². The zero-order valence-electron chi connectivity index (χ0n) is 23.0. The topological polar surface area (TPSA) is 94.3 Å². The van der Waals surface area contributed by atoms with Crippen LogP contribution in [0, 0.1) is 34.5 Å². The predicted octanol–water partition coefficient (Wildman–Crippen LogP) is 5.44. The quantitative estimate of drug-likeness (QED) is 0.377. The van der Waals surface area contributed by atoms with Crippen molar-refractivity contribution in [3.63, 3.8) is 0 Å². The van der Waals surface area contributed by atoms with Gasteiger partial charge < -0.3 is 9.84 Å². The molecule has 2 aromatic heterocycles. The van der Waals surface area contributed by atoms with Crippen molar-refractivity contribution in [1.82, 2.24) is 14.8 Å². The third kappa shape index (κ3) is 3.85. The molecule has 4 aliphatic carbocycles. The smallest absolute Gasteiger partial charge is 0.306 e. The number of halogens is 2. The molecule has 10 heteroatoms. The van der Waals surface area contributed by atoms with Crippen LogP contribution in [0.1, 0.15) is 70.6 Å². The van der Waals surface area contributed by atoms with E-state index in [0.29, 0.717) is 43.1 Å². The Labute approximate surface area is 236 Å². The van der Waals surface area contributed by atoms with Gasteiger partial charge in [-0.25, -0.2) is 14.1 Å². The maximum Gasteiger partial charge on any atom is 0.306 e. The number of pyridine rings is 1. The number of esters is 1. The fourth-order valence-electron chi connectivity index (χ4n) is 8.85. The number of carbonyl (C=O) groups excluding carboxylic acids is 2. The lowest BCUT2D eigenvalue weighted by atomic mass is 9.45. The van der Waals surface area contributed by atoms with Crippen molar-refractivity contribution in [2.75, 3.05) is 6.01 Å². The summed E-state index contributed by atoms with van der Waals surface area (Å²) in [6, 6.07) is 2.10. The molecular formula is C30H35F2N3O4S. The van der Waals surface area contributed by atoms with Gasteiger partial charge in [0.2, 0.25) is 11.1 Å². The number of allylic oxidation sites excluding steroid dienone is 1. The van der Waals surface area contributed by atoms with E-state index in [9.17, 15) is 23.5 Å². The summed E-state index contributed by atoms with van der Waals surface area (Å²) in [5, 5.41) is 16.0. The third-order valence-corrected chi connectivity index (χ3v) is 11.3. The molecule has 0 aliphatic heterocycles. The SMILES string of the molecule is CCC(=O)O[C@]1(C(=O)SCF)CC[C@H]2[C@@H]3CCC4=Cc5c(cnn5-c5ccc(F)nc5)C[C@]4(C)[C@H]3[C@@H](O)C[C@@]21C. The van der Waals surface area contributed by atoms with Crippen molar-refractivity contribution in [1.29, 1.82) is 0 Å². The van der Waals surface area contributed by atoms with Crippen LogP contribution in [0.3, 0.4) is 0 Å². The average molecular weight is 572 g/mol. The summed E-state index contributed by atoms with van der Waals surface area (Å²) >= 11 is 0.568. The highest BCUT2D eigenvalue weighted by atomic mass is 32.2. The molecule has 214 valence electrons. The number of hydrogen-bond acceptors (Lipinski definition) is 7. The van der Waals surface area contributed by atoms with Gasteiger partial charge in [-0.3, -0.25) is 9.59 Å². The van der Waals surface area contributed by atoms with Crippen LogP contribution in [0.15, 0.2) is 30.1 Å². The second kappa shape index (κ2) is 9.76. The minimum absolute atomic E-state index is 0.0452. The maximum absolute atomic E-state index is 13.4. The van der Waals surface area contributed by atoms with E-state index in [1.165, 1.54) is 17.8 Å². The average Bonchev–Trinajstić information content (AvgIpc) is 3.45. The number of fused-ring (bicyclic) bond motifs is 6. The van der Waals surface area contributed by atoms with Crippen LogP contribution in [-0.4, -0.2) is 48.7 Å². The van der Waals surface area contributed by atoms with Crippen molar-refractivity contribution in [2.45, 2.75) is 77.4 Å². The molecule has 2 aromatic rings. The second-order valence-corrected chi connectivity index (χ2v) is 13.2. The highest BCUT2D eigenvalue weighted by molar-refractivity contribution is 8.13. The van der Waals surface area contributed by atoms with Gasteiger partial charge in [-0.1, -0.05) is 26.3 Å². The van der Waals surface area contributed by atoms with E-state index in [0.717, 1.165) is 24.1 Å². The van der Waals surface area contributed by atoms with Crippen LogP contribution in [0.25, 0.3) is 11.8 Å². The van der Waals surface area contributed by atoms with Crippen molar-refractivity contribution in [3.8, 4) is 5.69 Å². The van der Waals surface area contributed by atoms with Gasteiger partial charge in [0, 0.05) is 11.8 Å². The first kappa shape index (κ1) is 27.6. The summed E-state index contributed by atoms with van der Waals surface area (Å²) in [5.41, 5.74) is 1.42. The molecule has 1 N–H and O–H groups in total. The molecular weight excluding hydrogens is 536 g/mol. The molecule has 0 spiro atoms. The Morgan fingerprint density at radius 3 is 2.75 bits per heavy atom. The zero-order valence-corrected chi connectivity index (χ0v) is 23.8. The number of rotatable bonds is 5. The monoisotopic (exact) mass is 571 g/mol. The minimum Gasteiger partial charge on any atom is -0.449 e. The Hall–Kier alpha value is -2.59. The molecule has 7 nitrogen and oxygen atoms in total. The lowest BCUT2D eigenvalue weighted by molar-refractivity contribution is -0.196. The van der Waals surface area contributed by atoms with E-state index in [1.807, 2.05) is 13.1 Å². The molecule has 0 amide bonds. The normalized spacial score (nSPS) is 36.1. The standard InChI is InChI=1S/C30H35F2N3O4S/c1-4-25(37)39-30(27(38)40-16-31)10-9-21-20-7-5-18-11-22-17(14-34-35(22)19-6-8-24(32)33-15-19)12-28(18,2)26(20)23(36)13-29(21,30)3/h6,8,11,14-15,20-21,23,26,36H,4-5,7,9-10,12-13,16H2,1-3H3/t20-,21-,23-,26+,28-,29-,30-/m0/s1. The molecule has 4 aliphatic rings. The van der Waals surface area contributed by atoms with E-state index < -0.39 is 40.2 Å². The number of aliphatic hydroxyl groups excluding tert-OH is 1. The molecule has 0 unspecified atom stereocenters. The molecule has 0 radical (unpaired) electrons. The molecule has 0 bridgehead atoms. The van der Waals surface area contributed by atoms with Crippen LogP contribution in [-0.2, 0) is 20.7 Å². The Balaban J connectivity index is 1.35. The van der Waals surface area contributed by atoms with Gasteiger partial charge in [-0.05, 0) is 97.2 Å². The van der Waals surface area contributed by atoms with Gasteiger partial charge in [0.25, 0.3) is 0 Å². The lowest BCUT2D eigenvalue weighted by Crippen LogP contribution is -2.62. The molecule has 40 heavy (non-hydrogen) atoms. The summed E-state index contributed by atoms with van der Waals surface area (Å²) in [4.78, 5) is 29.8. The van der Waals surface area contributed by atoms with Crippen LogP contribution in [0.4, 0.5) is 8.78 Å². The molecule has 3 fully saturated rings. The molecule has 6 rings (SSSR count). The molecule has 0 saturated heterocycles. The van der Waals surface area contributed by atoms with Crippen molar-refractivity contribution >= 4 is 28.9 Å². The zero-order chi connectivity index (χ0) is 28.4. The van der Waals surface area contributed by atoms with E-state index >= 15 is 0 Å². The number of alkyl halides is 1. The van der Waals surface area contributed by atoms with Crippen molar-refractivity contribution in [3.05, 3.63) is 47.3 Å². The van der Waals surface area contributed by atoms with Gasteiger partial charge in [0.05, 0.1) is 29.9 Å². The molecule has 0 aromatic carbocycles. The molecule has 7 atom stereocenters. The highest BCUT2D eigenvalue weighted by Crippen LogP contribution is 2.68. The first-order chi connectivity index (χ1) is 19.1. The number of carbonyl (C=O) groups is 2. The summed E-state index contributed by atoms with van der Waals surface area (Å²) in [5.74, 6) is -0.879. The molecule has 2 heterocycles. The maximum atomic E-state index is 13.4. The number of ether oxygens (including phenoxy) is 1. The third-order valence-electron chi connectivity index (χ3n) is 10.6. The number of hydrogen-bond donors (Lipinski definition) is 1. The largest absolute Gasteiger partial charge is 0.449 e. The van der Waals surface area contributed by atoms with E-state index in [4.69, 9.17) is 4.74 Å². The summed E-state index contributed by atoms with van der Waals surface area (Å²) < 4.78 is 34.6. The predicted molar refractivity (Wildman–Crippen MR) is 146 cm³/mol. The first-order valence-electron chi connectivity index (χ1n) is 14.1. The van der Waals surface area contributed by atoms with Crippen molar-refractivity contribution in [2.24, 2.45) is 28.6 Å². The second-order valence-electron chi connectivity index (χ2n) is 12.3. The summed E-state index contributed by atoms with van der Waals surface area (Å²) in [6.07, 6.45) is 8.62. The fourth-order valence-corrected chi connectivity index (χ4v) is 9.56. The minimum atomic E-state index is -1.44. The van der Waals surface area contributed by atoms with Crippen LogP contribution in [0.5, 0.6) is 0 Å². The van der Waals surface area contributed by atoms with E-state index in [1.54, 1.807) is 17.7 Å². The number of nitrogens with zero attached hydrogens (tertiary/aromatic N) is 3. The number of aliphatic hydroxyl groups is 1. The van der Waals surface area contributed by atoms with Gasteiger partial charge in [0.15, 0.2) is 5.60 Å². The van der Waals surface area contributed by atoms with Crippen molar-refractivity contribution < 1.29 is 28.2 Å². The summed E-state index contributed by atoms with van der Waals surface area (Å²) in [7, 11) is 0. The number of aromatic nitrogens is 3.